The summed E-state index contributed by atoms with van der Waals surface area (Å²) in [5, 5.41) is 3.08. The summed E-state index contributed by atoms with van der Waals surface area (Å²) in [6, 6.07) is 14.0. The third-order valence-electron chi connectivity index (χ3n) is 5.05. The summed E-state index contributed by atoms with van der Waals surface area (Å²) in [5.74, 6) is 0.942. The number of nitrogens with one attached hydrogen (secondary N) is 1. The highest BCUT2D eigenvalue weighted by molar-refractivity contribution is 5.82. The minimum absolute atomic E-state index is 0.0472. The van der Waals surface area contributed by atoms with E-state index in [4.69, 9.17) is 4.74 Å². The maximum absolute atomic E-state index is 12.7. The van der Waals surface area contributed by atoms with Crippen molar-refractivity contribution in [2.45, 2.75) is 65.8 Å². The van der Waals surface area contributed by atoms with Crippen LogP contribution in [-0.4, -0.2) is 17.5 Å². The Morgan fingerprint density at radius 2 is 1.89 bits per heavy atom. The molecule has 1 amide bonds. The average Bonchev–Trinajstić information content (AvgIpc) is 2.71. The molecule has 4 nitrogen and oxygen atoms in total. The molecule has 1 N–H and O–H groups in total. The van der Waals surface area contributed by atoms with Crippen LogP contribution in [0.25, 0.3) is 0 Å². The van der Waals surface area contributed by atoms with Gasteiger partial charge in [0.25, 0.3) is 0 Å². The maximum Gasteiger partial charge on any atom is 0.226 e. The highest BCUT2D eigenvalue weighted by Crippen LogP contribution is 2.24. The number of carbonyl (C=O) groups excluding carboxylic acids is 1. The maximum atomic E-state index is 12.7. The second kappa shape index (κ2) is 10.8. The van der Waals surface area contributed by atoms with Crippen LogP contribution in [0, 0.1) is 5.41 Å². The molecule has 0 radical (unpaired) electrons. The van der Waals surface area contributed by atoms with Gasteiger partial charge < -0.3 is 10.1 Å². The smallest absolute Gasteiger partial charge is 0.226 e. The molecule has 1 aromatic heterocycles. The number of pyridine rings is 1. The molecule has 28 heavy (non-hydrogen) atoms. The van der Waals surface area contributed by atoms with Crippen molar-refractivity contribution in [2.75, 3.05) is 6.61 Å². The van der Waals surface area contributed by atoms with Crippen LogP contribution < -0.4 is 10.1 Å². The van der Waals surface area contributed by atoms with Crippen LogP contribution in [0.4, 0.5) is 0 Å². The lowest BCUT2D eigenvalue weighted by Gasteiger charge is -2.26. The summed E-state index contributed by atoms with van der Waals surface area (Å²) in [6.07, 6.45) is 6.89. The third kappa shape index (κ3) is 6.99. The van der Waals surface area contributed by atoms with E-state index in [1.165, 1.54) is 18.4 Å². The molecule has 0 bridgehead atoms. The van der Waals surface area contributed by atoms with Gasteiger partial charge in [-0.15, -0.1) is 0 Å². The van der Waals surface area contributed by atoms with Gasteiger partial charge in [-0.25, -0.2) is 0 Å². The lowest BCUT2D eigenvalue weighted by molar-refractivity contribution is -0.130. The fraction of sp³-hybridized carbons (Fsp3) is 0.500. The molecule has 0 spiro atoms. The van der Waals surface area contributed by atoms with E-state index in [0.717, 1.165) is 30.7 Å². The average molecular weight is 383 g/mol. The number of amides is 1. The van der Waals surface area contributed by atoms with Gasteiger partial charge in [0.2, 0.25) is 5.91 Å². The molecule has 0 saturated carbocycles. The fourth-order valence-electron chi connectivity index (χ4n) is 3.05. The minimum atomic E-state index is -0.448. The van der Waals surface area contributed by atoms with Gasteiger partial charge in [-0.1, -0.05) is 45.4 Å². The van der Waals surface area contributed by atoms with Crippen molar-refractivity contribution in [2.24, 2.45) is 5.41 Å². The van der Waals surface area contributed by atoms with Crippen LogP contribution in [-0.2, 0) is 11.2 Å². The van der Waals surface area contributed by atoms with E-state index in [9.17, 15) is 4.79 Å². The Kier molecular flexibility index (Phi) is 8.49. The van der Waals surface area contributed by atoms with Crippen LogP contribution in [0.2, 0.25) is 0 Å². The number of carbonyl (C=O) groups is 1. The lowest BCUT2D eigenvalue weighted by atomic mass is 9.86. The predicted molar refractivity (Wildman–Crippen MR) is 114 cm³/mol. The van der Waals surface area contributed by atoms with Gasteiger partial charge in [0, 0.05) is 11.6 Å². The third-order valence-corrected chi connectivity index (χ3v) is 5.05. The van der Waals surface area contributed by atoms with Crippen molar-refractivity contribution in [1.82, 2.24) is 10.3 Å². The first-order valence-electron chi connectivity index (χ1n) is 10.4. The Labute approximate surface area is 169 Å². The molecular weight excluding hydrogens is 348 g/mol. The van der Waals surface area contributed by atoms with Crippen LogP contribution in [0.3, 0.4) is 0 Å². The standard InChI is InChI=1S/C24H34N2O2/c1-5-6-10-20-12-14-21(15-13-20)28-18-9-16-24(3,4)23(27)26-19(2)22-11-7-8-17-25-22/h7-8,11-15,17,19H,5-6,9-10,16,18H2,1-4H3,(H,26,27). The molecular formula is C24H34N2O2. The first kappa shape index (κ1) is 21.9. The summed E-state index contributed by atoms with van der Waals surface area (Å²) in [6.45, 7) is 8.74. The van der Waals surface area contributed by atoms with Crippen molar-refractivity contribution in [3.63, 3.8) is 0 Å². The van der Waals surface area contributed by atoms with Gasteiger partial charge in [0.05, 0.1) is 18.3 Å². The van der Waals surface area contributed by atoms with Crippen LogP contribution >= 0.6 is 0 Å². The fourth-order valence-corrected chi connectivity index (χ4v) is 3.05. The van der Waals surface area contributed by atoms with E-state index in [0.29, 0.717) is 6.61 Å². The van der Waals surface area contributed by atoms with E-state index in [1.54, 1.807) is 6.20 Å². The Bertz CT molecular complexity index is 711. The molecule has 1 atom stereocenters. The summed E-state index contributed by atoms with van der Waals surface area (Å²) in [5.41, 5.74) is 1.78. The molecule has 4 heteroatoms. The van der Waals surface area contributed by atoms with Crippen molar-refractivity contribution >= 4 is 5.91 Å². The Hall–Kier alpha value is -2.36. The molecule has 1 unspecified atom stereocenters. The van der Waals surface area contributed by atoms with Crippen molar-refractivity contribution < 1.29 is 9.53 Å². The Morgan fingerprint density at radius 1 is 1.14 bits per heavy atom. The quantitative estimate of drug-likeness (QED) is 0.523. The number of nitrogens with zero attached hydrogens (tertiary/aromatic N) is 1. The zero-order chi connectivity index (χ0) is 20.4. The van der Waals surface area contributed by atoms with E-state index in [-0.39, 0.29) is 11.9 Å². The predicted octanol–water partition coefficient (Wildman–Crippen LogP) is 5.49. The number of rotatable bonds is 11. The number of benzene rings is 1. The second-order valence-electron chi connectivity index (χ2n) is 8.03. The highest BCUT2D eigenvalue weighted by Gasteiger charge is 2.28. The molecule has 1 aromatic carbocycles. The van der Waals surface area contributed by atoms with E-state index >= 15 is 0 Å². The first-order chi connectivity index (χ1) is 13.4. The Morgan fingerprint density at radius 3 is 2.54 bits per heavy atom. The molecule has 0 fully saturated rings. The number of aromatic nitrogens is 1. The number of unbranched alkanes of at least 4 members (excludes halogenated alkanes) is 1. The van der Waals surface area contributed by atoms with Gasteiger partial charge in [-0.3, -0.25) is 9.78 Å². The molecule has 1 heterocycles. The van der Waals surface area contributed by atoms with Crippen LogP contribution in [0.1, 0.15) is 70.7 Å². The SMILES string of the molecule is CCCCc1ccc(OCCCC(C)(C)C(=O)NC(C)c2ccccn2)cc1. The lowest BCUT2D eigenvalue weighted by Crippen LogP contribution is -2.38. The zero-order valence-corrected chi connectivity index (χ0v) is 17.7. The summed E-state index contributed by atoms with van der Waals surface area (Å²) >= 11 is 0. The van der Waals surface area contributed by atoms with Crippen molar-refractivity contribution in [3.8, 4) is 5.75 Å². The number of aryl methyl sites for hydroxylation is 1. The number of hydrogen-bond donors (Lipinski definition) is 1. The van der Waals surface area contributed by atoms with E-state index < -0.39 is 5.41 Å². The van der Waals surface area contributed by atoms with Gasteiger partial charge in [0.15, 0.2) is 0 Å². The number of ether oxygens (including phenoxy) is 1. The molecule has 2 rings (SSSR count). The van der Waals surface area contributed by atoms with Crippen LogP contribution in [0.15, 0.2) is 48.7 Å². The molecule has 152 valence electrons. The van der Waals surface area contributed by atoms with Crippen molar-refractivity contribution in [3.05, 3.63) is 59.9 Å². The van der Waals surface area contributed by atoms with Gasteiger partial charge in [-0.05, 0) is 62.4 Å². The first-order valence-corrected chi connectivity index (χ1v) is 10.4. The summed E-state index contributed by atoms with van der Waals surface area (Å²) < 4.78 is 5.85. The monoisotopic (exact) mass is 382 g/mol. The topological polar surface area (TPSA) is 51.2 Å². The number of hydrogen-bond acceptors (Lipinski definition) is 3. The minimum Gasteiger partial charge on any atom is -0.494 e. The normalized spacial score (nSPS) is 12.4. The largest absolute Gasteiger partial charge is 0.494 e. The van der Waals surface area contributed by atoms with E-state index in [1.807, 2.05) is 51.1 Å². The van der Waals surface area contributed by atoms with Crippen LogP contribution in [0.5, 0.6) is 5.75 Å². The molecule has 2 aromatic rings. The summed E-state index contributed by atoms with van der Waals surface area (Å²) in [7, 11) is 0. The molecule has 0 aliphatic rings. The van der Waals surface area contributed by atoms with Gasteiger partial charge in [0.1, 0.15) is 5.75 Å². The molecule has 0 aliphatic heterocycles. The van der Waals surface area contributed by atoms with Gasteiger partial charge >= 0.3 is 0 Å². The molecule has 0 saturated heterocycles. The van der Waals surface area contributed by atoms with E-state index in [2.05, 4.69) is 29.4 Å². The van der Waals surface area contributed by atoms with Gasteiger partial charge in [-0.2, -0.15) is 0 Å². The summed E-state index contributed by atoms with van der Waals surface area (Å²) in [4.78, 5) is 17.0. The Balaban J connectivity index is 1.74. The highest BCUT2D eigenvalue weighted by atomic mass is 16.5. The second-order valence-corrected chi connectivity index (χ2v) is 8.03. The zero-order valence-electron chi connectivity index (χ0n) is 17.7. The van der Waals surface area contributed by atoms with Crippen molar-refractivity contribution in [1.29, 1.82) is 0 Å². The molecule has 0 aliphatic carbocycles.